The Kier molecular flexibility index (Phi) is 0.868. The average Bonchev–Trinajstić information content (AvgIpc) is 2.44. The second-order valence-electron chi connectivity index (χ2n) is 3.97. The van der Waals surface area contributed by atoms with Crippen LogP contribution in [-0.4, -0.2) is 17.5 Å². The Morgan fingerprint density at radius 1 is 1.10 bits per heavy atom. The van der Waals surface area contributed by atoms with Crippen molar-refractivity contribution < 1.29 is 9.84 Å². The molecule has 0 amide bonds. The lowest BCUT2D eigenvalue weighted by molar-refractivity contribution is -0.101. The van der Waals surface area contributed by atoms with Crippen molar-refractivity contribution in [3.63, 3.8) is 0 Å². The molecule has 10 heavy (non-hydrogen) atoms. The third-order valence-corrected chi connectivity index (χ3v) is 3.48. The molecule has 0 aromatic heterocycles. The van der Waals surface area contributed by atoms with Gasteiger partial charge >= 0.3 is 0 Å². The van der Waals surface area contributed by atoms with Crippen LogP contribution in [0.25, 0.3) is 0 Å². The lowest BCUT2D eigenvalue weighted by atomic mass is 9.89. The Morgan fingerprint density at radius 3 is 2.50 bits per heavy atom. The number of hydrogen-bond acceptors (Lipinski definition) is 2. The SMILES string of the molecule is O[C@@H]1O[C@@H]2C[C@H]3C[C@@H]1[C@H]2C3. The molecule has 2 nitrogen and oxygen atoms in total. The van der Waals surface area contributed by atoms with Gasteiger partial charge in [-0.25, -0.2) is 0 Å². The summed E-state index contributed by atoms with van der Waals surface area (Å²) in [5.41, 5.74) is 0. The van der Waals surface area contributed by atoms with Crippen molar-refractivity contribution >= 4 is 0 Å². The molecule has 0 aromatic carbocycles. The molecule has 1 saturated heterocycles. The number of hydrogen-bond donors (Lipinski definition) is 1. The second kappa shape index (κ2) is 1.56. The van der Waals surface area contributed by atoms with Gasteiger partial charge < -0.3 is 9.84 Å². The standard InChI is InChI=1S/C8H12O2/c9-8-6-2-4-1-5(6)7(3-4)10-8/h4-9H,1-3H2/t4-,5-,6-,7-,8-/m1/s1. The van der Waals surface area contributed by atoms with Gasteiger partial charge in [-0.2, -0.15) is 0 Å². The van der Waals surface area contributed by atoms with Crippen LogP contribution >= 0.6 is 0 Å². The van der Waals surface area contributed by atoms with E-state index in [1.54, 1.807) is 0 Å². The zero-order valence-electron chi connectivity index (χ0n) is 5.86. The van der Waals surface area contributed by atoms with Gasteiger partial charge in [0.2, 0.25) is 0 Å². The van der Waals surface area contributed by atoms with Gasteiger partial charge in [-0.3, -0.25) is 0 Å². The molecule has 0 spiro atoms. The van der Waals surface area contributed by atoms with Crippen LogP contribution in [0.5, 0.6) is 0 Å². The Morgan fingerprint density at radius 2 is 1.90 bits per heavy atom. The van der Waals surface area contributed by atoms with Crippen molar-refractivity contribution in [1.82, 2.24) is 0 Å². The van der Waals surface area contributed by atoms with Gasteiger partial charge in [0, 0.05) is 5.92 Å². The maximum Gasteiger partial charge on any atom is 0.158 e. The van der Waals surface area contributed by atoms with Gasteiger partial charge in [-0.1, -0.05) is 0 Å². The predicted molar refractivity (Wildman–Crippen MR) is 35.2 cm³/mol. The fourth-order valence-electron chi connectivity index (χ4n) is 3.10. The fourth-order valence-corrected chi connectivity index (χ4v) is 3.10. The molecule has 3 aliphatic rings. The molecular weight excluding hydrogens is 128 g/mol. The van der Waals surface area contributed by atoms with Crippen molar-refractivity contribution in [3.8, 4) is 0 Å². The van der Waals surface area contributed by atoms with E-state index in [1.807, 2.05) is 0 Å². The second-order valence-corrected chi connectivity index (χ2v) is 3.97. The van der Waals surface area contributed by atoms with E-state index in [-0.39, 0.29) is 0 Å². The van der Waals surface area contributed by atoms with Gasteiger partial charge in [0.25, 0.3) is 0 Å². The maximum absolute atomic E-state index is 9.37. The molecule has 56 valence electrons. The summed E-state index contributed by atoms with van der Waals surface area (Å²) in [5.74, 6) is 2.11. The zero-order valence-corrected chi connectivity index (χ0v) is 5.86. The molecule has 2 aliphatic carbocycles. The summed E-state index contributed by atoms with van der Waals surface area (Å²) in [6.07, 6.45) is 3.79. The minimum Gasteiger partial charge on any atom is -0.368 e. The van der Waals surface area contributed by atoms with Crippen LogP contribution in [-0.2, 0) is 4.74 Å². The first-order chi connectivity index (χ1) is 4.84. The third kappa shape index (κ3) is 0.487. The molecule has 1 heterocycles. The largest absolute Gasteiger partial charge is 0.368 e. The molecular formula is C8H12O2. The summed E-state index contributed by atoms with van der Waals surface area (Å²) < 4.78 is 5.39. The third-order valence-electron chi connectivity index (χ3n) is 3.48. The van der Waals surface area contributed by atoms with Crippen LogP contribution in [0.4, 0.5) is 0 Å². The lowest BCUT2D eigenvalue weighted by Crippen LogP contribution is -2.17. The van der Waals surface area contributed by atoms with Gasteiger partial charge in [-0.05, 0) is 31.1 Å². The summed E-state index contributed by atoms with van der Waals surface area (Å²) in [4.78, 5) is 0. The first-order valence-corrected chi connectivity index (χ1v) is 4.18. The number of aliphatic hydroxyl groups excluding tert-OH is 1. The van der Waals surface area contributed by atoms with Crippen molar-refractivity contribution in [1.29, 1.82) is 0 Å². The summed E-state index contributed by atoms with van der Waals surface area (Å²) in [6, 6.07) is 0. The highest BCUT2D eigenvalue weighted by Gasteiger charge is 2.55. The highest BCUT2D eigenvalue weighted by atomic mass is 16.6. The molecule has 0 radical (unpaired) electrons. The Labute approximate surface area is 60.2 Å². The minimum absolute atomic E-state index is 0.414. The molecule has 1 aliphatic heterocycles. The Hall–Kier alpha value is -0.0800. The first kappa shape index (κ1) is 5.56. The molecule has 2 bridgehead atoms. The first-order valence-electron chi connectivity index (χ1n) is 4.18. The Bertz CT molecular complexity index is 167. The van der Waals surface area contributed by atoms with Crippen molar-refractivity contribution in [3.05, 3.63) is 0 Å². The fraction of sp³-hybridized carbons (Fsp3) is 1.00. The van der Waals surface area contributed by atoms with E-state index in [4.69, 9.17) is 4.74 Å². The van der Waals surface area contributed by atoms with E-state index in [0.29, 0.717) is 12.0 Å². The summed E-state index contributed by atoms with van der Waals surface area (Å²) >= 11 is 0. The Balaban J connectivity index is 1.98. The van der Waals surface area contributed by atoms with Crippen molar-refractivity contribution in [2.75, 3.05) is 0 Å². The number of fused-ring (bicyclic) bond motifs is 1. The molecule has 5 atom stereocenters. The zero-order chi connectivity index (χ0) is 6.72. The smallest absolute Gasteiger partial charge is 0.158 e. The topological polar surface area (TPSA) is 29.5 Å². The highest BCUT2D eigenvalue weighted by Crippen LogP contribution is 2.55. The lowest BCUT2D eigenvalue weighted by Gasteiger charge is -2.14. The van der Waals surface area contributed by atoms with Gasteiger partial charge in [0.15, 0.2) is 6.29 Å². The van der Waals surface area contributed by atoms with E-state index in [1.165, 1.54) is 19.3 Å². The molecule has 2 saturated carbocycles. The molecule has 0 unspecified atom stereocenters. The summed E-state index contributed by atoms with van der Waals surface area (Å²) in [6.45, 7) is 0. The van der Waals surface area contributed by atoms with Crippen molar-refractivity contribution in [2.24, 2.45) is 17.8 Å². The summed E-state index contributed by atoms with van der Waals surface area (Å²) in [5, 5.41) is 9.37. The minimum atomic E-state index is -0.414. The van der Waals surface area contributed by atoms with E-state index in [0.717, 1.165) is 11.8 Å². The maximum atomic E-state index is 9.37. The van der Waals surface area contributed by atoms with Gasteiger partial charge in [0.05, 0.1) is 6.10 Å². The molecule has 3 fully saturated rings. The van der Waals surface area contributed by atoms with E-state index < -0.39 is 6.29 Å². The number of rotatable bonds is 0. The summed E-state index contributed by atoms with van der Waals surface area (Å²) in [7, 11) is 0. The van der Waals surface area contributed by atoms with E-state index in [2.05, 4.69) is 0 Å². The van der Waals surface area contributed by atoms with Crippen LogP contribution < -0.4 is 0 Å². The highest BCUT2D eigenvalue weighted by molar-refractivity contribution is 5.01. The van der Waals surface area contributed by atoms with Gasteiger partial charge in [0.1, 0.15) is 0 Å². The van der Waals surface area contributed by atoms with Crippen LogP contribution in [0.2, 0.25) is 0 Å². The van der Waals surface area contributed by atoms with Gasteiger partial charge in [-0.15, -0.1) is 0 Å². The quantitative estimate of drug-likeness (QED) is 0.538. The normalized spacial score (nSPS) is 63.9. The molecule has 3 rings (SSSR count). The molecule has 2 heteroatoms. The van der Waals surface area contributed by atoms with E-state index in [9.17, 15) is 5.11 Å². The molecule has 1 N–H and O–H groups in total. The van der Waals surface area contributed by atoms with Crippen LogP contribution in [0.3, 0.4) is 0 Å². The van der Waals surface area contributed by atoms with Crippen LogP contribution in [0, 0.1) is 17.8 Å². The average molecular weight is 140 g/mol. The molecule has 0 aromatic rings. The van der Waals surface area contributed by atoms with Crippen molar-refractivity contribution in [2.45, 2.75) is 31.7 Å². The number of ether oxygens (including phenoxy) is 1. The monoisotopic (exact) mass is 140 g/mol. The van der Waals surface area contributed by atoms with Crippen LogP contribution in [0.1, 0.15) is 19.3 Å². The van der Waals surface area contributed by atoms with Crippen LogP contribution in [0.15, 0.2) is 0 Å². The number of aliphatic hydroxyl groups is 1. The van der Waals surface area contributed by atoms with E-state index >= 15 is 0 Å². The predicted octanol–water partition coefficient (Wildman–Crippen LogP) is 0.750.